The lowest BCUT2D eigenvalue weighted by atomic mass is 9.88. The number of aromatic nitrogens is 3. The van der Waals surface area contributed by atoms with Gasteiger partial charge in [-0.2, -0.15) is 0 Å². The van der Waals surface area contributed by atoms with E-state index in [1.165, 1.54) is 37.1 Å². The third-order valence-corrected chi connectivity index (χ3v) is 7.03. The lowest BCUT2D eigenvalue weighted by Crippen LogP contribution is -2.54. The summed E-state index contributed by atoms with van der Waals surface area (Å²) in [5.41, 5.74) is 1.66. The molecule has 0 fully saturated rings. The molecule has 0 saturated carbocycles. The summed E-state index contributed by atoms with van der Waals surface area (Å²) in [5, 5.41) is 0. The molecule has 55 heavy (non-hydrogen) atoms. The minimum absolute atomic E-state index is 0.0777. The number of benzene rings is 1. The molecule has 0 saturated heterocycles. The summed E-state index contributed by atoms with van der Waals surface area (Å²) in [4.78, 5) is 43.4. The number of hydrogen-bond donors (Lipinski definition) is 0. The molecule has 0 radical (unpaired) electrons. The van der Waals surface area contributed by atoms with Crippen LogP contribution in [0.5, 0.6) is 0 Å². The summed E-state index contributed by atoms with van der Waals surface area (Å²) in [5.74, 6) is 0. The number of rotatable bonds is 11. The zero-order chi connectivity index (χ0) is 43.3. The molecular weight excluding hydrogens is 683 g/mol. The van der Waals surface area contributed by atoms with Gasteiger partial charge in [0.2, 0.25) is 0 Å². The normalized spacial score (nSPS) is 12.9. The highest BCUT2D eigenvalue weighted by Gasteiger charge is 2.16. The van der Waals surface area contributed by atoms with Crippen molar-refractivity contribution >= 4 is 6.34 Å². The molecule has 1 aromatic carbocycles. The van der Waals surface area contributed by atoms with E-state index in [-0.39, 0.29) is 18.5 Å². The molecule has 2 heterocycles. The first-order valence-electron chi connectivity index (χ1n) is 20.3. The quantitative estimate of drug-likeness (QED) is 0.213. The Morgan fingerprint density at radius 2 is 0.964 bits per heavy atom. The van der Waals surface area contributed by atoms with Crippen LogP contribution in [0.15, 0.2) is 75.0 Å². The van der Waals surface area contributed by atoms with Gasteiger partial charge in [-0.1, -0.05) is 160 Å². The van der Waals surface area contributed by atoms with Crippen LogP contribution in [0, 0.1) is 27.1 Å². The van der Waals surface area contributed by atoms with Crippen molar-refractivity contribution < 1.29 is 0 Å². The minimum Gasteiger partial charge on any atom is -0.361 e. The molecule has 0 amide bonds. The van der Waals surface area contributed by atoms with Gasteiger partial charge in [-0.25, -0.2) is 28.1 Å². The third-order valence-electron chi connectivity index (χ3n) is 7.03. The van der Waals surface area contributed by atoms with E-state index in [9.17, 15) is 14.4 Å². The van der Waals surface area contributed by atoms with Crippen LogP contribution >= 0.6 is 0 Å². The van der Waals surface area contributed by atoms with Gasteiger partial charge < -0.3 is 4.90 Å². The van der Waals surface area contributed by atoms with Crippen molar-refractivity contribution in [3.63, 3.8) is 0 Å². The fraction of sp³-hybridized carbons (Fsp3) is 0.702. The number of aliphatic imine (C=N–C) groups is 1. The second-order valence-corrected chi connectivity index (χ2v) is 21.4. The Labute approximate surface area is 337 Å². The third kappa shape index (κ3) is 32.5. The highest BCUT2D eigenvalue weighted by Crippen LogP contribution is 2.22. The maximum absolute atomic E-state index is 12.4. The molecule has 0 atom stereocenters. The Kier molecular flexibility index (Phi) is 24.4. The van der Waals surface area contributed by atoms with E-state index in [1.807, 2.05) is 6.34 Å². The molecule has 0 bridgehead atoms. The molecule has 0 unspecified atom stereocenters. The Balaban J connectivity index is 0. The van der Waals surface area contributed by atoms with Gasteiger partial charge in [0, 0.05) is 19.6 Å². The zero-order valence-electron chi connectivity index (χ0n) is 38.8. The van der Waals surface area contributed by atoms with Gasteiger partial charge in [0.15, 0.2) is 0 Å². The Morgan fingerprint density at radius 3 is 1.29 bits per heavy atom. The fourth-order valence-corrected chi connectivity index (χ4v) is 4.82. The van der Waals surface area contributed by atoms with Crippen molar-refractivity contribution in [2.75, 3.05) is 19.6 Å². The topological polar surface area (TPSA) is 81.6 Å². The maximum Gasteiger partial charge on any atom is 0.336 e. The largest absolute Gasteiger partial charge is 0.361 e. The van der Waals surface area contributed by atoms with Crippen LogP contribution in [-0.4, -0.2) is 44.6 Å². The predicted molar refractivity (Wildman–Crippen MR) is 242 cm³/mol. The van der Waals surface area contributed by atoms with Crippen LogP contribution in [0.2, 0.25) is 0 Å². The van der Waals surface area contributed by atoms with Crippen molar-refractivity contribution in [1.82, 2.24) is 18.6 Å². The molecule has 1 aliphatic rings. The second-order valence-electron chi connectivity index (χ2n) is 21.4. The first kappa shape index (κ1) is 53.7. The van der Waals surface area contributed by atoms with Crippen LogP contribution in [0.4, 0.5) is 0 Å². The van der Waals surface area contributed by atoms with Gasteiger partial charge in [0.25, 0.3) is 0 Å². The fourth-order valence-electron chi connectivity index (χ4n) is 4.82. The molecule has 1 aromatic heterocycles. The van der Waals surface area contributed by atoms with E-state index in [2.05, 4.69) is 171 Å². The molecule has 8 heteroatoms. The first-order valence-corrected chi connectivity index (χ1v) is 20.3. The molecule has 8 nitrogen and oxygen atoms in total. The van der Waals surface area contributed by atoms with Gasteiger partial charge in [0.1, 0.15) is 0 Å². The molecule has 316 valence electrons. The van der Waals surface area contributed by atoms with Gasteiger partial charge >= 0.3 is 17.1 Å². The highest BCUT2D eigenvalue weighted by molar-refractivity contribution is 5.56. The van der Waals surface area contributed by atoms with Crippen molar-refractivity contribution in [3.05, 3.63) is 92.7 Å². The SMILES string of the molecule is C=CCn1c(=O)n(CC=C)c(=O)n(CCCC(C)(C)C)c1=O.CC(C)(C)C.CC(C)(C)C.CC(C)(C)CCCN1C=NCC1.CC(C)(C)Cc1ccccc1. The molecule has 1 aliphatic heterocycles. The van der Waals surface area contributed by atoms with E-state index >= 15 is 0 Å². The van der Waals surface area contributed by atoms with E-state index in [0.29, 0.717) is 34.6 Å². The van der Waals surface area contributed by atoms with Gasteiger partial charge in [-0.05, 0) is 64.7 Å². The first-order chi connectivity index (χ1) is 24.9. The summed E-state index contributed by atoms with van der Waals surface area (Å²) >= 11 is 0. The summed E-state index contributed by atoms with van der Waals surface area (Å²) in [7, 11) is 0. The Bertz CT molecular complexity index is 1490. The van der Waals surface area contributed by atoms with Crippen molar-refractivity contribution in [3.8, 4) is 0 Å². The molecule has 0 aliphatic carbocycles. The number of nitrogens with zero attached hydrogens (tertiary/aromatic N) is 5. The number of allylic oxidation sites excluding steroid dienone is 2. The van der Waals surface area contributed by atoms with E-state index in [0.717, 1.165) is 39.6 Å². The smallest absolute Gasteiger partial charge is 0.336 e. The maximum atomic E-state index is 12.4. The minimum atomic E-state index is -0.623. The summed E-state index contributed by atoms with van der Waals surface area (Å²) < 4.78 is 3.17. The zero-order valence-corrected chi connectivity index (χ0v) is 38.8. The molecule has 0 spiro atoms. The average Bonchev–Trinajstić information content (AvgIpc) is 3.50. The van der Waals surface area contributed by atoms with Crippen molar-refractivity contribution in [2.24, 2.45) is 32.1 Å². The molecule has 0 N–H and O–H groups in total. The van der Waals surface area contributed by atoms with E-state index < -0.39 is 17.1 Å². The Hall–Kier alpha value is -3.42. The van der Waals surface area contributed by atoms with E-state index in [4.69, 9.17) is 0 Å². The molecular formula is C47H85N5O3. The van der Waals surface area contributed by atoms with Crippen LogP contribution in [0.3, 0.4) is 0 Å². The number of hydrogen-bond acceptors (Lipinski definition) is 5. The summed E-state index contributed by atoms with van der Waals surface area (Å²) in [6.07, 6.45) is 10.2. The van der Waals surface area contributed by atoms with Crippen LogP contribution in [0.1, 0.15) is 149 Å². The summed E-state index contributed by atoms with van der Waals surface area (Å²) in [6.45, 7) is 48.3. The standard InChI is InChI=1S/C16H25N3O3.C11H16.C10H20N2.2C5H12/c1-6-10-17-13(20)18(11-7-2)15(22)19(14(17)21)12-8-9-16(3,4)5;1-11(2,3)9-10-7-5-4-6-8-10;1-10(2,3)5-4-7-12-8-6-11-9-12;2*1-5(2,3)4/h6-7H,1-2,8-12H2,3-5H3;4-8H,9H2,1-3H3;9H,4-8H2,1-3H3;2*1-4H3. The predicted octanol–water partition coefficient (Wildman–Crippen LogP) is 10.9. The monoisotopic (exact) mass is 768 g/mol. The van der Waals surface area contributed by atoms with Gasteiger partial charge in [-0.15, -0.1) is 13.2 Å². The molecule has 2 aromatic rings. The van der Waals surface area contributed by atoms with Crippen molar-refractivity contribution in [1.29, 1.82) is 0 Å². The lowest BCUT2D eigenvalue weighted by molar-refractivity contribution is 0.336. The Morgan fingerprint density at radius 1 is 0.582 bits per heavy atom. The van der Waals surface area contributed by atoms with E-state index in [1.54, 1.807) is 0 Å². The molecule has 3 rings (SSSR count). The van der Waals surface area contributed by atoms with Crippen LogP contribution in [0.25, 0.3) is 0 Å². The van der Waals surface area contributed by atoms with Crippen LogP contribution < -0.4 is 17.1 Å². The van der Waals surface area contributed by atoms with Crippen LogP contribution in [-0.2, 0) is 26.1 Å². The van der Waals surface area contributed by atoms with Gasteiger partial charge in [-0.3, -0.25) is 4.99 Å². The average molecular weight is 768 g/mol. The lowest BCUT2D eigenvalue weighted by Gasteiger charge is -2.20. The van der Waals surface area contributed by atoms with Crippen molar-refractivity contribution in [2.45, 2.75) is 169 Å². The summed E-state index contributed by atoms with van der Waals surface area (Å²) in [6, 6.07) is 10.6. The van der Waals surface area contributed by atoms with Gasteiger partial charge in [0.05, 0.1) is 26.0 Å². The highest BCUT2D eigenvalue weighted by atomic mass is 16.2. The second kappa shape index (κ2) is 25.0.